The minimum atomic E-state index is -0.432. The third kappa shape index (κ3) is 3.23. The molecule has 0 spiro atoms. The Morgan fingerprint density at radius 1 is 1.35 bits per heavy atom. The average Bonchev–Trinajstić information content (AvgIpc) is 2.46. The summed E-state index contributed by atoms with van der Waals surface area (Å²) in [7, 11) is 1.48. The minimum absolute atomic E-state index is 0.00980. The van der Waals surface area contributed by atoms with Gasteiger partial charge in [-0.25, -0.2) is 0 Å². The average molecular weight is 273 g/mol. The lowest BCUT2D eigenvalue weighted by Gasteiger charge is -2.08. The summed E-state index contributed by atoms with van der Waals surface area (Å²) in [5.74, 6) is 0.458. The van der Waals surface area contributed by atoms with E-state index in [1.807, 2.05) is 19.1 Å². The number of benzene rings is 1. The van der Waals surface area contributed by atoms with Gasteiger partial charge in [-0.3, -0.25) is 15.1 Å². The van der Waals surface area contributed by atoms with Crippen molar-refractivity contribution in [2.24, 2.45) is 0 Å². The predicted molar refractivity (Wildman–Crippen MR) is 75.9 cm³/mol. The van der Waals surface area contributed by atoms with E-state index in [9.17, 15) is 10.1 Å². The Labute approximate surface area is 116 Å². The van der Waals surface area contributed by atoms with Crippen LogP contribution in [0.4, 0.5) is 11.4 Å². The molecule has 6 heteroatoms. The van der Waals surface area contributed by atoms with Crippen LogP contribution in [0.3, 0.4) is 0 Å². The van der Waals surface area contributed by atoms with Gasteiger partial charge in [0.1, 0.15) is 11.4 Å². The van der Waals surface area contributed by atoms with E-state index in [-0.39, 0.29) is 5.69 Å². The van der Waals surface area contributed by atoms with Crippen LogP contribution in [0, 0.1) is 17.0 Å². The number of ether oxygens (including phenoxy) is 1. The number of nitrogens with zero attached hydrogens (tertiary/aromatic N) is 2. The van der Waals surface area contributed by atoms with E-state index < -0.39 is 4.92 Å². The number of nitrogens with one attached hydrogen (secondary N) is 1. The number of methoxy groups -OCH3 is 1. The van der Waals surface area contributed by atoms with E-state index in [1.54, 1.807) is 18.3 Å². The van der Waals surface area contributed by atoms with Gasteiger partial charge < -0.3 is 10.1 Å². The molecule has 0 radical (unpaired) electrons. The Bertz CT molecular complexity index is 612. The Balaban J connectivity index is 2.16. The highest BCUT2D eigenvalue weighted by molar-refractivity contribution is 5.63. The predicted octanol–water partition coefficient (Wildman–Crippen LogP) is 2.92. The summed E-state index contributed by atoms with van der Waals surface area (Å²) < 4.78 is 4.99. The zero-order valence-electron chi connectivity index (χ0n) is 11.3. The largest absolute Gasteiger partial charge is 0.496 e. The van der Waals surface area contributed by atoms with Gasteiger partial charge in [-0.1, -0.05) is 6.07 Å². The molecule has 0 amide bonds. The van der Waals surface area contributed by atoms with Gasteiger partial charge in [0.2, 0.25) is 0 Å². The number of nitro groups is 1. The van der Waals surface area contributed by atoms with Crippen molar-refractivity contribution in [3.63, 3.8) is 0 Å². The Morgan fingerprint density at radius 2 is 2.15 bits per heavy atom. The van der Waals surface area contributed by atoms with Crippen molar-refractivity contribution in [1.82, 2.24) is 4.98 Å². The van der Waals surface area contributed by atoms with Gasteiger partial charge in [-0.2, -0.15) is 0 Å². The van der Waals surface area contributed by atoms with E-state index in [1.165, 1.54) is 13.2 Å². The maximum Gasteiger partial charge on any atom is 0.296 e. The standard InChI is InChI=1S/C14H15N3O3/c1-10-3-4-11(8-15-10)9-16-13-6-5-12(20-2)7-14(13)17(18)19/h3-8,16H,9H2,1-2H3. The molecular weight excluding hydrogens is 258 g/mol. The van der Waals surface area contributed by atoms with Crippen LogP contribution in [0.25, 0.3) is 0 Å². The van der Waals surface area contributed by atoms with Gasteiger partial charge in [0, 0.05) is 18.4 Å². The van der Waals surface area contributed by atoms with Gasteiger partial charge in [-0.05, 0) is 30.7 Å². The molecule has 2 aromatic rings. The van der Waals surface area contributed by atoms with Crippen molar-refractivity contribution < 1.29 is 9.66 Å². The number of pyridine rings is 1. The lowest BCUT2D eigenvalue weighted by atomic mass is 10.2. The van der Waals surface area contributed by atoms with Crippen LogP contribution in [0.15, 0.2) is 36.5 Å². The van der Waals surface area contributed by atoms with E-state index in [4.69, 9.17) is 4.74 Å². The van der Waals surface area contributed by atoms with E-state index in [0.29, 0.717) is 18.0 Å². The van der Waals surface area contributed by atoms with Gasteiger partial charge in [0.15, 0.2) is 0 Å². The molecule has 0 aliphatic rings. The molecular formula is C14H15N3O3. The maximum absolute atomic E-state index is 11.0. The van der Waals surface area contributed by atoms with E-state index in [2.05, 4.69) is 10.3 Å². The van der Waals surface area contributed by atoms with Gasteiger partial charge in [0.25, 0.3) is 5.69 Å². The fourth-order valence-electron chi connectivity index (χ4n) is 1.74. The SMILES string of the molecule is COc1ccc(NCc2ccc(C)nc2)c([N+](=O)[O-])c1. The third-order valence-electron chi connectivity index (χ3n) is 2.86. The fourth-order valence-corrected chi connectivity index (χ4v) is 1.74. The second kappa shape index (κ2) is 6.01. The third-order valence-corrected chi connectivity index (χ3v) is 2.86. The maximum atomic E-state index is 11.0. The summed E-state index contributed by atoms with van der Waals surface area (Å²) in [6.07, 6.45) is 1.75. The van der Waals surface area contributed by atoms with Crippen LogP contribution < -0.4 is 10.1 Å². The molecule has 0 atom stereocenters. The van der Waals surface area contributed by atoms with Crippen molar-refractivity contribution in [3.05, 3.63) is 57.9 Å². The van der Waals surface area contributed by atoms with Gasteiger partial charge in [0.05, 0.1) is 18.1 Å². The van der Waals surface area contributed by atoms with Crippen LogP contribution in [0.2, 0.25) is 0 Å². The van der Waals surface area contributed by atoms with Crippen molar-refractivity contribution in [2.45, 2.75) is 13.5 Å². The fraction of sp³-hybridized carbons (Fsp3) is 0.214. The van der Waals surface area contributed by atoms with Crippen molar-refractivity contribution in [1.29, 1.82) is 0 Å². The lowest BCUT2D eigenvalue weighted by Crippen LogP contribution is -2.03. The molecule has 0 fully saturated rings. The minimum Gasteiger partial charge on any atom is -0.496 e. The van der Waals surface area contributed by atoms with Crippen LogP contribution >= 0.6 is 0 Å². The number of aromatic nitrogens is 1. The Hall–Kier alpha value is -2.63. The molecule has 6 nitrogen and oxygen atoms in total. The summed E-state index contributed by atoms with van der Waals surface area (Å²) in [4.78, 5) is 14.8. The van der Waals surface area contributed by atoms with Crippen LogP contribution in [0.1, 0.15) is 11.3 Å². The molecule has 0 unspecified atom stereocenters. The topological polar surface area (TPSA) is 77.3 Å². The molecule has 1 heterocycles. The molecule has 0 saturated heterocycles. The monoisotopic (exact) mass is 273 g/mol. The first-order valence-corrected chi connectivity index (χ1v) is 6.08. The zero-order chi connectivity index (χ0) is 14.5. The summed E-state index contributed by atoms with van der Waals surface area (Å²) in [6.45, 7) is 2.38. The highest BCUT2D eigenvalue weighted by Gasteiger charge is 2.14. The van der Waals surface area contributed by atoms with E-state index in [0.717, 1.165) is 11.3 Å². The molecule has 1 aromatic heterocycles. The summed E-state index contributed by atoms with van der Waals surface area (Å²) in [5, 5.41) is 14.1. The second-order valence-electron chi connectivity index (χ2n) is 4.30. The number of hydrogen-bond donors (Lipinski definition) is 1. The lowest BCUT2D eigenvalue weighted by molar-refractivity contribution is -0.384. The molecule has 0 bridgehead atoms. The number of rotatable bonds is 5. The molecule has 0 aliphatic carbocycles. The Morgan fingerprint density at radius 3 is 2.75 bits per heavy atom. The first kappa shape index (κ1) is 13.8. The van der Waals surface area contributed by atoms with Crippen LogP contribution in [0.5, 0.6) is 5.75 Å². The molecule has 0 aliphatic heterocycles. The number of hydrogen-bond acceptors (Lipinski definition) is 5. The number of nitro benzene ring substituents is 1. The van der Waals surface area contributed by atoms with Crippen LogP contribution in [-0.2, 0) is 6.54 Å². The summed E-state index contributed by atoms with van der Waals surface area (Å²) in [5.41, 5.74) is 2.34. The van der Waals surface area contributed by atoms with Crippen LogP contribution in [-0.4, -0.2) is 17.0 Å². The normalized spacial score (nSPS) is 10.1. The molecule has 104 valence electrons. The molecule has 0 saturated carbocycles. The first-order chi connectivity index (χ1) is 9.60. The number of aryl methyl sites for hydroxylation is 1. The molecule has 1 aromatic carbocycles. The smallest absolute Gasteiger partial charge is 0.296 e. The molecule has 20 heavy (non-hydrogen) atoms. The first-order valence-electron chi connectivity index (χ1n) is 6.08. The van der Waals surface area contributed by atoms with Gasteiger partial charge in [-0.15, -0.1) is 0 Å². The Kier molecular flexibility index (Phi) is 4.14. The van der Waals surface area contributed by atoms with Gasteiger partial charge >= 0.3 is 0 Å². The number of anilines is 1. The van der Waals surface area contributed by atoms with Crippen molar-refractivity contribution in [3.8, 4) is 5.75 Å². The van der Waals surface area contributed by atoms with E-state index >= 15 is 0 Å². The second-order valence-corrected chi connectivity index (χ2v) is 4.30. The van der Waals surface area contributed by atoms with Crippen molar-refractivity contribution in [2.75, 3.05) is 12.4 Å². The summed E-state index contributed by atoms with van der Waals surface area (Å²) in [6, 6.07) is 8.56. The zero-order valence-corrected chi connectivity index (χ0v) is 11.3. The summed E-state index contributed by atoms with van der Waals surface area (Å²) >= 11 is 0. The molecule has 1 N–H and O–H groups in total. The quantitative estimate of drug-likeness (QED) is 0.669. The highest BCUT2D eigenvalue weighted by atomic mass is 16.6. The van der Waals surface area contributed by atoms with Crippen molar-refractivity contribution >= 4 is 11.4 Å². The molecule has 2 rings (SSSR count). The highest BCUT2D eigenvalue weighted by Crippen LogP contribution is 2.29.